The number of halogens is 1. The number of benzene rings is 1. The van der Waals surface area contributed by atoms with E-state index in [4.69, 9.17) is 11.6 Å². The largest absolute Gasteiger partial charge is 0.353 e. The molecule has 1 aromatic carbocycles. The van der Waals surface area contributed by atoms with Crippen molar-refractivity contribution in [3.05, 3.63) is 40.7 Å². The van der Waals surface area contributed by atoms with Crippen LogP contribution < -0.4 is 10.6 Å². The standard InChI is InChI=1S/C17H19ClN4O2S/c1-10-14(18)11(2)22(21-10)9-8-19-15(23)17(3)16(24)20-12-6-4-5-7-13(12)25-17/h4-7H,8-9H2,1-3H3,(H,19,23)(H,20,24). The Morgan fingerprint density at radius 2 is 2.12 bits per heavy atom. The molecule has 3 rings (SSSR count). The second kappa shape index (κ2) is 6.72. The number of hydrogen-bond donors (Lipinski definition) is 2. The van der Waals surface area contributed by atoms with Crippen LogP contribution in [-0.4, -0.2) is 32.9 Å². The van der Waals surface area contributed by atoms with Crippen molar-refractivity contribution in [3.8, 4) is 0 Å². The van der Waals surface area contributed by atoms with Crippen LogP contribution in [0.5, 0.6) is 0 Å². The highest BCUT2D eigenvalue weighted by atomic mass is 35.5. The van der Waals surface area contributed by atoms with Crippen molar-refractivity contribution in [2.45, 2.75) is 37.0 Å². The summed E-state index contributed by atoms with van der Waals surface area (Å²) < 4.78 is 0.546. The molecule has 2 aromatic rings. The van der Waals surface area contributed by atoms with Crippen molar-refractivity contribution in [2.75, 3.05) is 11.9 Å². The molecule has 0 radical (unpaired) electrons. The fraction of sp³-hybridized carbons (Fsp3) is 0.353. The maximum atomic E-state index is 12.6. The van der Waals surface area contributed by atoms with Gasteiger partial charge in [-0.15, -0.1) is 0 Å². The van der Waals surface area contributed by atoms with Gasteiger partial charge in [-0.2, -0.15) is 5.10 Å². The number of aromatic nitrogens is 2. The summed E-state index contributed by atoms with van der Waals surface area (Å²) in [5.74, 6) is -0.639. The number of fused-ring (bicyclic) bond motifs is 1. The van der Waals surface area contributed by atoms with E-state index in [0.717, 1.165) is 22.0 Å². The molecule has 1 aromatic heterocycles. The van der Waals surface area contributed by atoms with Crippen molar-refractivity contribution < 1.29 is 9.59 Å². The second-order valence-electron chi connectivity index (χ2n) is 6.05. The Morgan fingerprint density at radius 1 is 1.40 bits per heavy atom. The van der Waals surface area contributed by atoms with Gasteiger partial charge in [-0.25, -0.2) is 0 Å². The first-order valence-electron chi connectivity index (χ1n) is 7.90. The lowest BCUT2D eigenvalue weighted by atomic mass is 10.1. The number of para-hydroxylation sites is 1. The first kappa shape index (κ1) is 17.8. The molecule has 132 valence electrons. The lowest BCUT2D eigenvalue weighted by Gasteiger charge is -2.31. The minimum absolute atomic E-state index is 0.317. The monoisotopic (exact) mass is 378 g/mol. The third kappa shape index (κ3) is 3.26. The zero-order valence-electron chi connectivity index (χ0n) is 14.2. The smallest absolute Gasteiger partial charge is 0.250 e. The zero-order valence-corrected chi connectivity index (χ0v) is 15.8. The molecule has 1 atom stereocenters. The highest BCUT2D eigenvalue weighted by Crippen LogP contribution is 2.42. The molecule has 2 N–H and O–H groups in total. The topological polar surface area (TPSA) is 76.0 Å². The molecule has 8 heteroatoms. The number of anilines is 1. The first-order valence-corrected chi connectivity index (χ1v) is 9.09. The number of thioether (sulfide) groups is 1. The third-order valence-corrected chi connectivity index (χ3v) is 6.12. The fourth-order valence-corrected chi connectivity index (χ4v) is 3.91. The fourth-order valence-electron chi connectivity index (χ4n) is 2.65. The van der Waals surface area contributed by atoms with Gasteiger partial charge in [0.2, 0.25) is 11.8 Å². The maximum Gasteiger partial charge on any atom is 0.250 e. The number of amides is 2. The van der Waals surface area contributed by atoms with Gasteiger partial charge < -0.3 is 10.6 Å². The highest BCUT2D eigenvalue weighted by molar-refractivity contribution is 8.02. The van der Waals surface area contributed by atoms with Crippen LogP contribution in [0.1, 0.15) is 18.3 Å². The van der Waals surface area contributed by atoms with Gasteiger partial charge in [0.1, 0.15) is 0 Å². The van der Waals surface area contributed by atoms with Crippen LogP contribution in [0.2, 0.25) is 5.02 Å². The minimum Gasteiger partial charge on any atom is -0.353 e. The number of carbonyl (C=O) groups is 2. The van der Waals surface area contributed by atoms with Gasteiger partial charge in [0.25, 0.3) is 0 Å². The highest BCUT2D eigenvalue weighted by Gasteiger charge is 2.45. The summed E-state index contributed by atoms with van der Waals surface area (Å²) in [5.41, 5.74) is 2.36. The lowest BCUT2D eigenvalue weighted by Crippen LogP contribution is -2.52. The van der Waals surface area contributed by atoms with Crippen LogP contribution in [-0.2, 0) is 16.1 Å². The molecule has 0 fully saturated rings. The quantitative estimate of drug-likeness (QED) is 0.802. The molecule has 0 bridgehead atoms. The average Bonchev–Trinajstić information content (AvgIpc) is 2.83. The van der Waals surface area contributed by atoms with Crippen LogP contribution in [0.4, 0.5) is 5.69 Å². The maximum absolute atomic E-state index is 12.6. The summed E-state index contributed by atoms with van der Waals surface area (Å²) >= 11 is 7.39. The van der Waals surface area contributed by atoms with Gasteiger partial charge in [-0.3, -0.25) is 14.3 Å². The van der Waals surface area contributed by atoms with Gasteiger partial charge in [0.05, 0.1) is 28.6 Å². The number of carbonyl (C=O) groups excluding carboxylic acids is 2. The number of nitrogens with zero attached hydrogens (tertiary/aromatic N) is 2. The number of rotatable bonds is 4. The Labute approximate surface area is 155 Å². The van der Waals surface area contributed by atoms with Gasteiger partial charge in [0, 0.05) is 11.4 Å². The molecular formula is C17H19ClN4O2S. The molecule has 25 heavy (non-hydrogen) atoms. The van der Waals surface area contributed by atoms with E-state index >= 15 is 0 Å². The van der Waals surface area contributed by atoms with Crippen LogP contribution >= 0.6 is 23.4 Å². The molecule has 0 saturated heterocycles. The zero-order chi connectivity index (χ0) is 18.2. The predicted octanol–water partition coefficient (Wildman–Crippen LogP) is 2.77. The molecule has 1 unspecified atom stereocenters. The van der Waals surface area contributed by atoms with E-state index in [0.29, 0.717) is 18.1 Å². The Bertz CT molecular complexity index is 851. The van der Waals surface area contributed by atoms with E-state index in [-0.39, 0.29) is 11.8 Å². The Kier molecular flexibility index (Phi) is 4.79. The summed E-state index contributed by atoms with van der Waals surface area (Å²) in [6.07, 6.45) is 0. The van der Waals surface area contributed by atoms with Crippen LogP contribution in [0.15, 0.2) is 29.2 Å². The average molecular weight is 379 g/mol. The molecule has 0 saturated carbocycles. The third-order valence-electron chi connectivity index (χ3n) is 4.22. The van der Waals surface area contributed by atoms with Gasteiger partial charge in [0.15, 0.2) is 4.75 Å². The Balaban J connectivity index is 1.66. The van der Waals surface area contributed by atoms with E-state index in [1.165, 1.54) is 11.8 Å². The molecule has 1 aliphatic heterocycles. The Morgan fingerprint density at radius 3 is 2.80 bits per heavy atom. The van der Waals surface area contributed by atoms with E-state index in [9.17, 15) is 9.59 Å². The lowest BCUT2D eigenvalue weighted by molar-refractivity contribution is -0.129. The van der Waals surface area contributed by atoms with E-state index < -0.39 is 4.75 Å². The first-order chi connectivity index (χ1) is 11.8. The van der Waals surface area contributed by atoms with E-state index in [2.05, 4.69) is 15.7 Å². The number of nitrogens with one attached hydrogen (secondary N) is 2. The van der Waals surface area contributed by atoms with Gasteiger partial charge >= 0.3 is 0 Å². The second-order valence-corrected chi connectivity index (χ2v) is 7.89. The summed E-state index contributed by atoms with van der Waals surface area (Å²) in [4.78, 5) is 25.9. The normalized spacial score (nSPS) is 19.3. The summed E-state index contributed by atoms with van der Waals surface area (Å²) in [6, 6.07) is 7.45. The van der Waals surface area contributed by atoms with Crippen LogP contribution in [0, 0.1) is 13.8 Å². The minimum atomic E-state index is -1.21. The number of hydrogen-bond acceptors (Lipinski definition) is 4. The molecular weight excluding hydrogens is 360 g/mol. The SMILES string of the molecule is Cc1nn(CCNC(=O)C2(C)Sc3ccccc3NC2=O)c(C)c1Cl. The summed E-state index contributed by atoms with van der Waals surface area (Å²) in [6.45, 7) is 6.21. The number of aryl methyl sites for hydroxylation is 1. The molecule has 1 aliphatic rings. The van der Waals surface area contributed by atoms with Crippen molar-refractivity contribution in [1.82, 2.24) is 15.1 Å². The molecule has 2 amide bonds. The van der Waals surface area contributed by atoms with Crippen LogP contribution in [0.3, 0.4) is 0 Å². The molecule has 6 nitrogen and oxygen atoms in total. The van der Waals surface area contributed by atoms with Crippen molar-refractivity contribution in [2.24, 2.45) is 0 Å². The Hall–Kier alpha value is -1.99. The molecule has 2 heterocycles. The predicted molar refractivity (Wildman–Crippen MR) is 99.1 cm³/mol. The summed E-state index contributed by atoms with van der Waals surface area (Å²) in [5, 5.41) is 10.6. The van der Waals surface area contributed by atoms with E-state index in [1.54, 1.807) is 11.6 Å². The van der Waals surface area contributed by atoms with Crippen molar-refractivity contribution in [1.29, 1.82) is 0 Å². The van der Waals surface area contributed by atoms with Crippen LogP contribution in [0.25, 0.3) is 0 Å². The van der Waals surface area contributed by atoms with E-state index in [1.807, 2.05) is 38.1 Å². The van der Waals surface area contributed by atoms with Gasteiger partial charge in [-0.1, -0.05) is 35.5 Å². The molecule has 0 spiro atoms. The van der Waals surface area contributed by atoms with Gasteiger partial charge in [-0.05, 0) is 32.9 Å². The van der Waals surface area contributed by atoms with Crippen molar-refractivity contribution >= 4 is 40.9 Å². The summed E-state index contributed by atoms with van der Waals surface area (Å²) in [7, 11) is 0. The van der Waals surface area contributed by atoms with Crippen molar-refractivity contribution in [3.63, 3.8) is 0 Å². The molecule has 0 aliphatic carbocycles.